The number of amides is 2. The van der Waals surface area contributed by atoms with Crippen molar-refractivity contribution >= 4 is 11.8 Å². The summed E-state index contributed by atoms with van der Waals surface area (Å²) < 4.78 is 0. The van der Waals surface area contributed by atoms with E-state index in [2.05, 4.69) is 12.2 Å². The van der Waals surface area contributed by atoms with E-state index >= 15 is 0 Å². The Morgan fingerprint density at radius 3 is 2.43 bits per heavy atom. The van der Waals surface area contributed by atoms with Gasteiger partial charge in [0.1, 0.15) is 11.6 Å². The van der Waals surface area contributed by atoms with Gasteiger partial charge in [0, 0.05) is 6.54 Å². The maximum absolute atomic E-state index is 13.0. The predicted octanol–water partition coefficient (Wildman–Crippen LogP) is 2.33. The average Bonchev–Trinajstić information content (AvgIpc) is 3.28. The molecule has 4 unspecified atom stereocenters. The maximum atomic E-state index is 13.0. The fourth-order valence-electron chi connectivity index (χ4n) is 4.12. The number of piperazine rings is 1. The number of nitrogens with zero attached hydrogens (tertiary/aromatic N) is 1. The molecule has 1 saturated heterocycles. The van der Waals surface area contributed by atoms with Gasteiger partial charge in [-0.2, -0.15) is 0 Å². The van der Waals surface area contributed by atoms with Crippen LogP contribution in [0.25, 0.3) is 0 Å². The molecule has 21 heavy (non-hydrogen) atoms. The molecule has 0 aromatic rings. The Bertz CT molecular complexity index is 446. The molecule has 0 bridgehead atoms. The standard InChI is InChI=1S/C17H28N2O2/c1-11-6-4-5-7-13(11)10-19-12(2)15(20)18-17(3,16(19)21)14-8-9-14/h11-14H,4-10H2,1-3H3,(H,18,20). The van der Waals surface area contributed by atoms with Gasteiger partial charge in [0.25, 0.3) is 0 Å². The quantitative estimate of drug-likeness (QED) is 0.868. The molecule has 0 radical (unpaired) electrons. The molecule has 1 heterocycles. The van der Waals surface area contributed by atoms with Gasteiger partial charge in [-0.25, -0.2) is 0 Å². The van der Waals surface area contributed by atoms with E-state index in [1.807, 2.05) is 18.7 Å². The van der Waals surface area contributed by atoms with Crippen LogP contribution in [0.1, 0.15) is 59.3 Å². The van der Waals surface area contributed by atoms with Crippen molar-refractivity contribution in [3.8, 4) is 0 Å². The average molecular weight is 292 g/mol. The zero-order chi connectivity index (χ0) is 15.2. The maximum Gasteiger partial charge on any atom is 0.249 e. The summed E-state index contributed by atoms with van der Waals surface area (Å²) in [6.07, 6.45) is 7.14. The highest BCUT2D eigenvalue weighted by Crippen LogP contribution is 2.42. The van der Waals surface area contributed by atoms with E-state index in [1.54, 1.807) is 0 Å². The minimum atomic E-state index is -0.651. The van der Waals surface area contributed by atoms with Crippen molar-refractivity contribution < 1.29 is 9.59 Å². The molecule has 0 aromatic heterocycles. The SMILES string of the molecule is CC1CCCCC1CN1C(=O)C(C)(C2CC2)NC(=O)C1C. The number of rotatable bonds is 3. The normalized spacial score (nSPS) is 41.1. The second-order valence-electron chi connectivity index (χ2n) is 7.62. The molecule has 3 rings (SSSR count). The largest absolute Gasteiger partial charge is 0.340 e. The van der Waals surface area contributed by atoms with Crippen LogP contribution in [-0.4, -0.2) is 34.8 Å². The minimum absolute atomic E-state index is 0.0208. The number of hydrogen-bond acceptors (Lipinski definition) is 2. The molecule has 4 nitrogen and oxygen atoms in total. The third-order valence-corrected chi connectivity index (χ3v) is 6.05. The molecule has 118 valence electrons. The van der Waals surface area contributed by atoms with Crippen LogP contribution in [0.4, 0.5) is 0 Å². The molecule has 2 aliphatic carbocycles. The first-order chi connectivity index (χ1) is 9.93. The van der Waals surface area contributed by atoms with Crippen molar-refractivity contribution in [2.45, 2.75) is 70.9 Å². The third-order valence-electron chi connectivity index (χ3n) is 6.05. The first-order valence-electron chi connectivity index (χ1n) is 8.56. The highest BCUT2D eigenvalue weighted by Gasteiger charge is 2.54. The van der Waals surface area contributed by atoms with E-state index in [0.717, 1.165) is 19.4 Å². The van der Waals surface area contributed by atoms with Crippen LogP contribution in [-0.2, 0) is 9.59 Å². The molecule has 2 saturated carbocycles. The fraction of sp³-hybridized carbons (Fsp3) is 0.882. The summed E-state index contributed by atoms with van der Waals surface area (Å²) >= 11 is 0. The minimum Gasteiger partial charge on any atom is -0.340 e. The summed E-state index contributed by atoms with van der Waals surface area (Å²) in [6.45, 7) is 6.85. The van der Waals surface area contributed by atoms with Gasteiger partial charge in [-0.1, -0.05) is 26.2 Å². The zero-order valence-electron chi connectivity index (χ0n) is 13.5. The second-order valence-corrected chi connectivity index (χ2v) is 7.62. The van der Waals surface area contributed by atoms with E-state index in [4.69, 9.17) is 0 Å². The number of carbonyl (C=O) groups excluding carboxylic acids is 2. The van der Waals surface area contributed by atoms with Crippen LogP contribution >= 0.6 is 0 Å². The van der Waals surface area contributed by atoms with Crippen molar-refractivity contribution in [1.82, 2.24) is 10.2 Å². The topological polar surface area (TPSA) is 49.4 Å². The van der Waals surface area contributed by atoms with E-state index in [-0.39, 0.29) is 17.9 Å². The summed E-state index contributed by atoms with van der Waals surface area (Å²) in [7, 11) is 0. The lowest BCUT2D eigenvalue weighted by atomic mass is 9.79. The molecule has 3 aliphatic rings. The lowest BCUT2D eigenvalue weighted by Crippen LogP contribution is -2.70. The van der Waals surface area contributed by atoms with Crippen LogP contribution in [0.5, 0.6) is 0 Å². The van der Waals surface area contributed by atoms with Crippen molar-refractivity contribution in [3.05, 3.63) is 0 Å². The predicted molar refractivity (Wildman–Crippen MR) is 81.6 cm³/mol. The van der Waals surface area contributed by atoms with E-state index in [1.165, 1.54) is 25.7 Å². The molecular formula is C17H28N2O2. The summed E-state index contributed by atoms with van der Waals surface area (Å²) in [5, 5.41) is 3.00. The van der Waals surface area contributed by atoms with Gasteiger partial charge in [-0.15, -0.1) is 0 Å². The molecule has 1 N–H and O–H groups in total. The number of carbonyl (C=O) groups is 2. The van der Waals surface area contributed by atoms with Gasteiger partial charge < -0.3 is 10.2 Å². The molecule has 4 atom stereocenters. The molecule has 4 heteroatoms. The molecule has 0 spiro atoms. The lowest BCUT2D eigenvalue weighted by Gasteiger charge is -2.46. The van der Waals surface area contributed by atoms with Gasteiger partial charge in [-0.3, -0.25) is 9.59 Å². The molecule has 1 aliphatic heterocycles. The van der Waals surface area contributed by atoms with Crippen LogP contribution < -0.4 is 5.32 Å². The highest BCUT2D eigenvalue weighted by atomic mass is 16.2. The zero-order valence-corrected chi connectivity index (χ0v) is 13.5. The Morgan fingerprint density at radius 1 is 1.14 bits per heavy atom. The van der Waals surface area contributed by atoms with Crippen molar-refractivity contribution in [3.63, 3.8) is 0 Å². The monoisotopic (exact) mass is 292 g/mol. The Balaban J connectivity index is 1.77. The van der Waals surface area contributed by atoms with E-state index < -0.39 is 5.54 Å². The Morgan fingerprint density at radius 2 is 1.81 bits per heavy atom. The summed E-state index contributed by atoms with van der Waals surface area (Å²) in [5.41, 5.74) is -0.651. The van der Waals surface area contributed by atoms with Crippen LogP contribution in [0.3, 0.4) is 0 Å². The molecule has 3 fully saturated rings. The number of hydrogen-bond donors (Lipinski definition) is 1. The van der Waals surface area contributed by atoms with Gasteiger partial charge in [0.15, 0.2) is 0 Å². The van der Waals surface area contributed by atoms with Gasteiger partial charge >= 0.3 is 0 Å². The molecular weight excluding hydrogens is 264 g/mol. The van der Waals surface area contributed by atoms with Crippen molar-refractivity contribution in [2.24, 2.45) is 17.8 Å². The second kappa shape index (κ2) is 5.29. The Labute approximate surface area is 127 Å². The summed E-state index contributed by atoms with van der Waals surface area (Å²) in [6, 6.07) is -0.321. The van der Waals surface area contributed by atoms with Gasteiger partial charge in [0.2, 0.25) is 11.8 Å². The van der Waals surface area contributed by atoms with Crippen molar-refractivity contribution in [2.75, 3.05) is 6.54 Å². The van der Waals surface area contributed by atoms with Gasteiger partial charge in [0.05, 0.1) is 0 Å². The lowest BCUT2D eigenvalue weighted by molar-refractivity contribution is -0.155. The van der Waals surface area contributed by atoms with Crippen LogP contribution in [0.15, 0.2) is 0 Å². The van der Waals surface area contributed by atoms with E-state index in [9.17, 15) is 9.59 Å². The first kappa shape index (κ1) is 14.9. The van der Waals surface area contributed by atoms with Crippen LogP contribution in [0.2, 0.25) is 0 Å². The van der Waals surface area contributed by atoms with Crippen molar-refractivity contribution in [1.29, 1.82) is 0 Å². The van der Waals surface area contributed by atoms with Gasteiger partial charge in [-0.05, 0) is 50.9 Å². The smallest absolute Gasteiger partial charge is 0.249 e. The van der Waals surface area contributed by atoms with E-state index in [0.29, 0.717) is 17.8 Å². The Hall–Kier alpha value is -1.06. The Kier molecular flexibility index (Phi) is 3.74. The third kappa shape index (κ3) is 2.58. The van der Waals surface area contributed by atoms with Crippen LogP contribution in [0, 0.1) is 17.8 Å². The summed E-state index contributed by atoms with van der Waals surface area (Å²) in [5.74, 6) is 1.73. The first-order valence-corrected chi connectivity index (χ1v) is 8.56. The molecule has 0 aromatic carbocycles. The summed E-state index contributed by atoms with van der Waals surface area (Å²) in [4.78, 5) is 27.2. The number of nitrogens with one attached hydrogen (secondary N) is 1. The highest BCUT2D eigenvalue weighted by molar-refractivity contribution is 5.99. The fourth-order valence-corrected chi connectivity index (χ4v) is 4.12. The molecule has 2 amide bonds.